The van der Waals surface area contributed by atoms with Gasteiger partial charge in [0.2, 0.25) is 0 Å². The summed E-state index contributed by atoms with van der Waals surface area (Å²) in [6.45, 7) is 2.84. The van der Waals surface area contributed by atoms with Crippen molar-refractivity contribution >= 4 is 33.9 Å². The number of nitrogens with zero attached hydrogens (tertiary/aromatic N) is 3. The van der Waals surface area contributed by atoms with Gasteiger partial charge in [-0.15, -0.1) is 11.3 Å². The summed E-state index contributed by atoms with van der Waals surface area (Å²) >= 11 is 1.33. The van der Waals surface area contributed by atoms with Crippen LogP contribution in [-0.2, 0) is 24.2 Å². The Hall–Kier alpha value is -4.18. The smallest absolute Gasteiger partial charge is 0.410 e. The minimum atomic E-state index is -0.497. The maximum absolute atomic E-state index is 13.9. The van der Waals surface area contributed by atoms with Crippen LogP contribution in [0.4, 0.5) is 4.79 Å². The highest BCUT2D eigenvalue weighted by Crippen LogP contribution is 2.34. The highest BCUT2D eigenvalue weighted by molar-refractivity contribution is 7.18. The fourth-order valence-electron chi connectivity index (χ4n) is 4.69. The Labute approximate surface area is 216 Å². The van der Waals surface area contributed by atoms with E-state index < -0.39 is 17.3 Å². The van der Waals surface area contributed by atoms with Gasteiger partial charge in [0.25, 0.3) is 5.56 Å². The van der Waals surface area contributed by atoms with E-state index in [9.17, 15) is 19.2 Å². The van der Waals surface area contributed by atoms with E-state index in [4.69, 9.17) is 9.47 Å². The van der Waals surface area contributed by atoms with Crippen LogP contribution in [0.25, 0.3) is 15.9 Å². The summed E-state index contributed by atoms with van der Waals surface area (Å²) in [5, 5.41) is 0.470. The number of aldehydes is 1. The number of fused-ring (bicyclic) bond motifs is 3. The van der Waals surface area contributed by atoms with E-state index in [1.807, 2.05) is 6.07 Å². The Morgan fingerprint density at radius 3 is 2.62 bits per heavy atom. The molecule has 0 atom stereocenters. The summed E-state index contributed by atoms with van der Waals surface area (Å²) in [6.07, 6.45) is 0.806. The van der Waals surface area contributed by atoms with Crippen LogP contribution < -0.4 is 16.0 Å². The molecule has 190 valence electrons. The minimum absolute atomic E-state index is 0.0916. The van der Waals surface area contributed by atoms with Crippen LogP contribution in [0.15, 0.2) is 58.1 Å². The van der Waals surface area contributed by atoms with Crippen molar-refractivity contribution in [1.29, 1.82) is 0 Å². The van der Waals surface area contributed by atoms with Crippen molar-refractivity contribution in [1.82, 2.24) is 14.0 Å². The molecule has 4 aromatic rings. The quantitative estimate of drug-likeness (QED) is 0.361. The molecular formula is C27H25N3O6S. The molecule has 0 radical (unpaired) electrons. The minimum Gasteiger partial charge on any atom is -0.496 e. The van der Waals surface area contributed by atoms with E-state index in [1.54, 1.807) is 58.9 Å². The molecule has 1 aliphatic heterocycles. The van der Waals surface area contributed by atoms with Crippen molar-refractivity contribution in [3.63, 3.8) is 0 Å². The fraction of sp³-hybridized carbons (Fsp3) is 0.259. The Morgan fingerprint density at radius 1 is 1.14 bits per heavy atom. The molecule has 5 rings (SSSR count). The highest BCUT2D eigenvalue weighted by Gasteiger charge is 2.29. The number of thiophene rings is 1. The number of ether oxygens (including phenoxy) is 2. The molecule has 37 heavy (non-hydrogen) atoms. The molecule has 3 heterocycles. The first-order chi connectivity index (χ1) is 18.0. The first-order valence-corrected chi connectivity index (χ1v) is 12.7. The summed E-state index contributed by atoms with van der Waals surface area (Å²) in [7, 11) is 1.52. The van der Waals surface area contributed by atoms with E-state index in [-0.39, 0.29) is 13.2 Å². The predicted octanol–water partition coefficient (Wildman–Crippen LogP) is 3.60. The van der Waals surface area contributed by atoms with Gasteiger partial charge in [0.15, 0.2) is 0 Å². The first-order valence-electron chi connectivity index (χ1n) is 11.9. The van der Waals surface area contributed by atoms with Crippen LogP contribution in [-0.4, -0.2) is 46.7 Å². The third-order valence-corrected chi connectivity index (χ3v) is 7.67. The number of hydrogen-bond donors (Lipinski definition) is 0. The van der Waals surface area contributed by atoms with Gasteiger partial charge in [0.05, 0.1) is 37.9 Å². The van der Waals surface area contributed by atoms with Gasteiger partial charge >= 0.3 is 11.8 Å². The average Bonchev–Trinajstić information content (AvgIpc) is 3.30. The largest absolute Gasteiger partial charge is 0.496 e. The van der Waals surface area contributed by atoms with Crippen molar-refractivity contribution in [2.75, 3.05) is 20.3 Å². The summed E-state index contributed by atoms with van der Waals surface area (Å²) in [4.78, 5) is 54.5. The van der Waals surface area contributed by atoms with E-state index in [1.165, 1.54) is 23.0 Å². The molecule has 0 fully saturated rings. The molecule has 0 aliphatic carbocycles. The van der Waals surface area contributed by atoms with Crippen molar-refractivity contribution in [2.45, 2.75) is 26.4 Å². The number of carbonyl (C=O) groups is 2. The molecular weight excluding hydrogens is 494 g/mol. The molecule has 0 spiro atoms. The molecule has 0 N–H and O–H groups in total. The van der Waals surface area contributed by atoms with Gasteiger partial charge < -0.3 is 14.4 Å². The van der Waals surface area contributed by atoms with Crippen LogP contribution in [0.1, 0.15) is 33.3 Å². The van der Waals surface area contributed by atoms with Gasteiger partial charge in [-0.1, -0.05) is 18.2 Å². The Kier molecular flexibility index (Phi) is 6.66. The van der Waals surface area contributed by atoms with Crippen LogP contribution in [0, 0.1) is 0 Å². The van der Waals surface area contributed by atoms with E-state index in [2.05, 4.69) is 0 Å². The van der Waals surface area contributed by atoms with Gasteiger partial charge in [0.1, 0.15) is 16.9 Å². The number of amides is 1. The lowest BCUT2D eigenvalue weighted by atomic mass is 10.1. The highest BCUT2D eigenvalue weighted by atomic mass is 32.1. The van der Waals surface area contributed by atoms with Crippen molar-refractivity contribution in [2.24, 2.45) is 0 Å². The van der Waals surface area contributed by atoms with E-state index in [0.717, 1.165) is 16.7 Å². The zero-order valence-corrected chi connectivity index (χ0v) is 21.2. The monoisotopic (exact) mass is 519 g/mol. The van der Waals surface area contributed by atoms with Crippen LogP contribution in [0.5, 0.6) is 5.75 Å². The third-order valence-electron chi connectivity index (χ3n) is 6.43. The second-order valence-electron chi connectivity index (χ2n) is 8.59. The number of methoxy groups -OCH3 is 1. The number of hydrogen-bond acceptors (Lipinski definition) is 7. The summed E-state index contributed by atoms with van der Waals surface area (Å²) in [5.41, 5.74) is 1.50. The number of carbonyl (C=O) groups excluding carboxylic acids is 2. The molecule has 0 bridgehead atoms. The maximum atomic E-state index is 13.9. The van der Waals surface area contributed by atoms with Gasteiger partial charge in [-0.2, -0.15) is 0 Å². The Morgan fingerprint density at radius 2 is 1.92 bits per heavy atom. The maximum Gasteiger partial charge on any atom is 0.410 e. The SMILES string of the molecule is CCOC(=O)N1CCc2c(sc3c2c(=O)n(-c2ccccc2)c(=O)n3Cc2cc(C=O)ccc2OC)C1. The van der Waals surface area contributed by atoms with Crippen molar-refractivity contribution in [3.05, 3.63) is 90.9 Å². The van der Waals surface area contributed by atoms with E-state index in [0.29, 0.717) is 52.3 Å². The number of para-hydroxylation sites is 1. The molecule has 1 aliphatic rings. The van der Waals surface area contributed by atoms with E-state index >= 15 is 0 Å². The molecule has 0 unspecified atom stereocenters. The second-order valence-corrected chi connectivity index (χ2v) is 9.67. The summed E-state index contributed by atoms with van der Waals surface area (Å²) in [6, 6.07) is 13.8. The average molecular weight is 520 g/mol. The van der Waals surface area contributed by atoms with Gasteiger partial charge in [-0.3, -0.25) is 14.2 Å². The van der Waals surface area contributed by atoms with Crippen LogP contribution >= 0.6 is 11.3 Å². The number of benzene rings is 2. The molecule has 9 nitrogen and oxygen atoms in total. The molecule has 2 aromatic heterocycles. The summed E-state index contributed by atoms with van der Waals surface area (Å²) in [5.74, 6) is 0.526. The van der Waals surface area contributed by atoms with Gasteiger partial charge in [-0.05, 0) is 49.2 Å². The zero-order valence-electron chi connectivity index (χ0n) is 20.4. The Bertz CT molecular complexity index is 1620. The van der Waals surface area contributed by atoms with Crippen LogP contribution in [0.3, 0.4) is 0 Å². The van der Waals surface area contributed by atoms with Crippen molar-refractivity contribution < 1.29 is 19.1 Å². The van der Waals surface area contributed by atoms with Crippen LogP contribution in [0.2, 0.25) is 0 Å². The Balaban J connectivity index is 1.75. The van der Waals surface area contributed by atoms with Crippen molar-refractivity contribution in [3.8, 4) is 11.4 Å². The molecule has 1 amide bonds. The third kappa shape index (κ3) is 4.33. The molecule has 10 heteroatoms. The summed E-state index contributed by atoms with van der Waals surface area (Å²) < 4.78 is 13.4. The fourth-order valence-corrected chi connectivity index (χ4v) is 6.03. The molecule has 0 saturated heterocycles. The zero-order chi connectivity index (χ0) is 26.1. The number of aromatic nitrogens is 2. The van der Waals surface area contributed by atoms with Gasteiger partial charge in [-0.25, -0.2) is 14.2 Å². The molecule has 2 aromatic carbocycles. The van der Waals surface area contributed by atoms with Gasteiger partial charge in [0, 0.05) is 22.5 Å². The predicted molar refractivity (Wildman–Crippen MR) is 140 cm³/mol. The lowest BCUT2D eigenvalue weighted by molar-refractivity contribution is 0.103. The topological polar surface area (TPSA) is 99.8 Å². The lowest BCUT2D eigenvalue weighted by Gasteiger charge is -2.25. The normalized spacial score (nSPS) is 12.9. The lowest BCUT2D eigenvalue weighted by Crippen LogP contribution is -2.39. The second kappa shape index (κ2) is 10.1. The molecule has 0 saturated carbocycles. The standard InChI is InChI=1S/C27H25N3O6S/c1-3-36-27(34)28-12-11-20-22(15-28)37-25-23(20)24(32)30(19-7-5-4-6-8-19)26(33)29(25)14-18-13-17(16-31)9-10-21(18)35-2/h4-10,13,16H,3,11-12,14-15H2,1-2H3. The first kappa shape index (κ1) is 24.5. The number of rotatable bonds is 6.